The maximum absolute atomic E-state index is 12.5. The number of benzene rings is 2. The van der Waals surface area contributed by atoms with Crippen molar-refractivity contribution in [3.05, 3.63) is 97.4 Å². The lowest BCUT2D eigenvalue weighted by Crippen LogP contribution is -2.33. The summed E-state index contributed by atoms with van der Waals surface area (Å²) in [5.74, 6) is -0.441. The van der Waals surface area contributed by atoms with E-state index in [0.717, 1.165) is 23.4 Å². The van der Waals surface area contributed by atoms with Gasteiger partial charge in [0.2, 0.25) is 5.91 Å². The van der Waals surface area contributed by atoms with Crippen molar-refractivity contribution in [3.8, 4) is 0 Å². The number of hydrogen-bond donors (Lipinski definition) is 3. The maximum atomic E-state index is 12.5. The Kier molecular flexibility index (Phi) is 5.80. The highest BCUT2D eigenvalue weighted by molar-refractivity contribution is 7.99. The fourth-order valence-electron chi connectivity index (χ4n) is 2.99. The van der Waals surface area contributed by atoms with Crippen LogP contribution in [0.15, 0.2) is 80.2 Å². The van der Waals surface area contributed by atoms with Crippen LogP contribution >= 0.6 is 11.8 Å². The molecule has 2 heterocycles. The topological polar surface area (TPSA) is 130 Å². The highest BCUT2D eigenvalue weighted by atomic mass is 32.2. The van der Waals surface area contributed by atoms with Gasteiger partial charge in [0.25, 0.3) is 11.1 Å². The fourth-order valence-corrected chi connectivity index (χ4v) is 3.66. The molecule has 0 aliphatic rings. The second-order valence-electron chi connectivity index (χ2n) is 6.62. The van der Waals surface area contributed by atoms with Gasteiger partial charge in [0.1, 0.15) is 5.82 Å². The first-order valence-corrected chi connectivity index (χ1v) is 10.3. The van der Waals surface area contributed by atoms with Crippen LogP contribution in [0.3, 0.4) is 0 Å². The highest BCUT2D eigenvalue weighted by Crippen LogP contribution is 2.15. The van der Waals surface area contributed by atoms with Gasteiger partial charge in [0.15, 0.2) is 5.16 Å². The van der Waals surface area contributed by atoms with Crippen molar-refractivity contribution >= 4 is 34.4 Å². The van der Waals surface area contributed by atoms with Gasteiger partial charge in [-0.15, -0.1) is 0 Å². The molecule has 0 saturated heterocycles. The molecule has 4 rings (SSSR count). The quantitative estimate of drug-likeness (QED) is 0.311. The maximum Gasteiger partial charge on any atom is 0.330 e. The number of H-pyrrole nitrogens is 2. The van der Waals surface area contributed by atoms with Crippen LogP contribution in [0.4, 0.5) is 5.82 Å². The monoisotopic (exact) mass is 435 g/mol. The first-order valence-electron chi connectivity index (χ1n) is 9.29. The molecular formula is C21H17N5O4S. The van der Waals surface area contributed by atoms with E-state index in [-0.39, 0.29) is 23.7 Å². The first kappa shape index (κ1) is 20.4. The van der Waals surface area contributed by atoms with Crippen molar-refractivity contribution in [3.63, 3.8) is 0 Å². The number of amides is 1. The molecule has 31 heavy (non-hydrogen) atoms. The first-order chi connectivity index (χ1) is 15.0. The van der Waals surface area contributed by atoms with E-state index in [2.05, 4.69) is 20.3 Å². The number of fused-ring (bicyclic) bond motifs is 1. The van der Waals surface area contributed by atoms with Gasteiger partial charge < -0.3 is 10.3 Å². The lowest BCUT2D eigenvalue weighted by molar-refractivity contribution is -0.113. The van der Waals surface area contributed by atoms with Crippen LogP contribution < -0.4 is 22.1 Å². The fraction of sp³-hybridized carbons (Fsp3) is 0.0952. The van der Waals surface area contributed by atoms with E-state index in [1.165, 1.54) is 4.57 Å². The Bertz CT molecular complexity index is 1430. The van der Waals surface area contributed by atoms with Gasteiger partial charge in [0.05, 0.1) is 23.2 Å². The standard InChI is InChI=1S/C21H17N5O4S/c27-17-10-16(26(21(30)24-17)11-13-6-2-1-3-7-13)23-18(28)12-31-20-22-15-9-5-4-8-14(15)19(29)25-20/h1-10H,11-12H2,(H,23,28)(H,22,25,29)(H,24,27,30). The SMILES string of the molecule is O=C(CSc1nc2ccccc2c(=O)[nH]1)Nc1cc(=O)[nH]c(=O)n1Cc1ccccc1. The molecule has 0 spiro atoms. The number of para-hydroxylation sites is 1. The average molecular weight is 435 g/mol. The summed E-state index contributed by atoms with van der Waals surface area (Å²) in [5.41, 5.74) is -0.169. The summed E-state index contributed by atoms with van der Waals surface area (Å²) < 4.78 is 1.27. The minimum absolute atomic E-state index is 0.0758. The number of carbonyl (C=O) groups excluding carboxylic acids is 1. The number of rotatable bonds is 6. The van der Waals surface area contributed by atoms with Gasteiger partial charge in [-0.3, -0.25) is 23.9 Å². The van der Waals surface area contributed by atoms with Gasteiger partial charge in [-0.2, -0.15) is 0 Å². The molecule has 9 nitrogen and oxygen atoms in total. The number of carbonyl (C=O) groups is 1. The van der Waals surface area contributed by atoms with E-state index in [1.54, 1.807) is 24.3 Å². The zero-order valence-electron chi connectivity index (χ0n) is 16.1. The molecule has 0 aliphatic carbocycles. The van der Waals surface area contributed by atoms with Gasteiger partial charge in [-0.25, -0.2) is 9.78 Å². The van der Waals surface area contributed by atoms with E-state index in [9.17, 15) is 19.2 Å². The van der Waals surface area contributed by atoms with Crippen LogP contribution in [0.25, 0.3) is 10.9 Å². The van der Waals surface area contributed by atoms with Crippen LogP contribution in [-0.4, -0.2) is 31.2 Å². The van der Waals surface area contributed by atoms with Crippen molar-refractivity contribution in [2.45, 2.75) is 11.7 Å². The summed E-state index contributed by atoms with van der Waals surface area (Å²) in [6.07, 6.45) is 0. The van der Waals surface area contributed by atoms with Crippen LogP contribution in [0.2, 0.25) is 0 Å². The van der Waals surface area contributed by atoms with Crippen molar-refractivity contribution in [2.24, 2.45) is 0 Å². The Morgan fingerprint density at radius 3 is 2.55 bits per heavy atom. The average Bonchev–Trinajstić information content (AvgIpc) is 2.75. The van der Waals surface area contributed by atoms with E-state index < -0.39 is 17.2 Å². The largest absolute Gasteiger partial charge is 0.330 e. The zero-order valence-corrected chi connectivity index (χ0v) is 16.9. The summed E-state index contributed by atoms with van der Waals surface area (Å²) in [4.78, 5) is 57.8. The molecule has 0 unspecified atom stereocenters. The molecule has 1 amide bonds. The summed E-state index contributed by atoms with van der Waals surface area (Å²) >= 11 is 1.04. The minimum Gasteiger partial charge on any atom is -0.311 e. The lowest BCUT2D eigenvalue weighted by atomic mass is 10.2. The normalized spacial score (nSPS) is 10.8. The number of aromatic nitrogens is 4. The number of anilines is 1. The van der Waals surface area contributed by atoms with E-state index in [4.69, 9.17) is 0 Å². The third kappa shape index (κ3) is 4.81. The molecule has 0 bridgehead atoms. The summed E-state index contributed by atoms with van der Waals surface area (Å²) in [7, 11) is 0. The van der Waals surface area contributed by atoms with E-state index >= 15 is 0 Å². The predicted molar refractivity (Wildman–Crippen MR) is 119 cm³/mol. The second-order valence-corrected chi connectivity index (χ2v) is 7.58. The molecule has 0 fully saturated rings. The van der Waals surface area contributed by atoms with Gasteiger partial charge >= 0.3 is 5.69 Å². The van der Waals surface area contributed by atoms with Crippen LogP contribution in [0.1, 0.15) is 5.56 Å². The molecule has 3 N–H and O–H groups in total. The van der Waals surface area contributed by atoms with Crippen LogP contribution in [-0.2, 0) is 11.3 Å². The molecule has 156 valence electrons. The number of aromatic amines is 2. The van der Waals surface area contributed by atoms with Crippen molar-refractivity contribution in [2.75, 3.05) is 11.1 Å². The van der Waals surface area contributed by atoms with E-state index in [1.807, 2.05) is 30.3 Å². The minimum atomic E-state index is -0.625. The molecule has 0 aliphatic heterocycles. The molecule has 4 aromatic rings. The molecule has 2 aromatic heterocycles. The zero-order chi connectivity index (χ0) is 21.8. The second kappa shape index (κ2) is 8.84. The number of hydrogen-bond acceptors (Lipinski definition) is 6. The third-order valence-corrected chi connectivity index (χ3v) is 5.29. The molecular weight excluding hydrogens is 418 g/mol. The Morgan fingerprint density at radius 2 is 1.74 bits per heavy atom. The van der Waals surface area contributed by atoms with Crippen LogP contribution in [0.5, 0.6) is 0 Å². The number of nitrogens with zero attached hydrogens (tertiary/aromatic N) is 2. The van der Waals surface area contributed by atoms with Crippen molar-refractivity contribution in [1.82, 2.24) is 19.5 Å². The molecule has 0 radical (unpaired) electrons. The number of nitrogens with one attached hydrogen (secondary N) is 3. The summed E-state index contributed by atoms with van der Waals surface area (Å²) in [6, 6.07) is 17.2. The van der Waals surface area contributed by atoms with Gasteiger partial charge in [-0.1, -0.05) is 54.2 Å². The summed E-state index contributed by atoms with van der Waals surface area (Å²) in [5, 5.41) is 3.36. The third-order valence-electron chi connectivity index (χ3n) is 4.42. The van der Waals surface area contributed by atoms with Crippen molar-refractivity contribution in [1.29, 1.82) is 0 Å². The highest BCUT2D eigenvalue weighted by Gasteiger charge is 2.12. The molecule has 0 saturated carbocycles. The van der Waals surface area contributed by atoms with Gasteiger partial charge in [0, 0.05) is 6.07 Å². The van der Waals surface area contributed by atoms with Crippen molar-refractivity contribution < 1.29 is 4.79 Å². The lowest BCUT2D eigenvalue weighted by Gasteiger charge is -2.13. The Balaban J connectivity index is 1.52. The Hall–Kier alpha value is -3.92. The molecule has 10 heteroatoms. The molecule has 0 atom stereocenters. The smallest absolute Gasteiger partial charge is 0.311 e. The predicted octanol–water partition coefficient (Wildman–Crippen LogP) is 1.55. The van der Waals surface area contributed by atoms with E-state index in [0.29, 0.717) is 16.1 Å². The van der Waals surface area contributed by atoms with Crippen LogP contribution in [0, 0.1) is 0 Å². The molecule has 2 aromatic carbocycles. The summed E-state index contributed by atoms with van der Waals surface area (Å²) in [6.45, 7) is 0.179. The van der Waals surface area contributed by atoms with Gasteiger partial charge in [-0.05, 0) is 17.7 Å². The Labute approximate surface area is 179 Å². The number of thioether (sulfide) groups is 1. The Morgan fingerprint density at radius 1 is 1.00 bits per heavy atom.